The quantitative estimate of drug-likeness (QED) is 0.927. The predicted octanol–water partition coefficient (Wildman–Crippen LogP) is 1.76. The molecule has 2 aromatic rings. The Morgan fingerprint density at radius 1 is 1.33 bits per heavy atom. The molecule has 0 aliphatic carbocycles. The number of nitrogens with zero attached hydrogens (tertiary/aromatic N) is 5. The molecule has 2 aromatic heterocycles. The Labute approximate surface area is 123 Å². The highest BCUT2D eigenvalue weighted by Crippen LogP contribution is 2.27. The van der Waals surface area contributed by atoms with Gasteiger partial charge in [-0.2, -0.15) is 15.5 Å². The number of hydrogen-bond acceptors (Lipinski definition) is 5. The number of hydrogen-bond donors (Lipinski definition) is 1. The van der Waals surface area contributed by atoms with Crippen LogP contribution in [0.5, 0.6) is 0 Å². The molecule has 0 bridgehead atoms. The van der Waals surface area contributed by atoms with Gasteiger partial charge >= 0.3 is 0 Å². The summed E-state index contributed by atoms with van der Waals surface area (Å²) in [5, 5.41) is 25.3. The number of H-pyrrole nitrogens is 1. The van der Waals surface area contributed by atoms with Crippen molar-refractivity contribution in [2.24, 2.45) is 0 Å². The second-order valence-corrected chi connectivity index (χ2v) is 5.19. The van der Waals surface area contributed by atoms with Crippen molar-refractivity contribution in [2.45, 2.75) is 39.7 Å². The van der Waals surface area contributed by atoms with Crippen molar-refractivity contribution in [1.29, 1.82) is 5.26 Å². The first-order valence-corrected chi connectivity index (χ1v) is 7.33. The van der Waals surface area contributed by atoms with Crippen LogP contribution in [0.15, 0.2) is 6.20 Å². The zero-order chi connectivity index (χ0) is 14.8. The number of anilines is 1. The molecule has 0 radical (unpaired) electrons. The molecule has 6 nitrogen and oxygen atoms in total. The van der Waals surface area contributed by atoms with Gasteiger partial charge in [-0.15, -0.1) is 5.10 Å². The van der Waals surface area contributed by atoms with Crippen molar-refractivity contribution in [3.8, 4) is 6.07 Å². The number of aromatic amines is 1. The van der Waals surface area contributed by atoms with Crippen LogP contribution >= 0.6 is 0 Å². The first-order chi connectivity index (χ1) is 10.3. The molecule has 0 unspecified atom stereocenters. The summed E-state index contributed by atoms with van der Waals surface area (Å²) in [6.07, 6.45) is 4.34. The van der Waals surface area contributed by atoms with Gasteiger partial charge < -0.3 is 4.90 Å². The maximum Gasteiger partial charge on any atom is 0.169 e. The number of nitrogens with one attached hydrogen (secondary N) is 1. The van der Waals surface area contributed by atoms with Crippen molar-refractivity contribution >= 4 is 5.82 Å². The van der Waals surface area contributed by atoms with E-state index in [0.717, 1.165) is 43.6 Å². The third-order valence-electron chi connectivity index (χ3n) is 4.04. The Hall–Kier alpha value is -2.42. The smallest absolute Gasteiger partial charge is 0.169 e. The van der Waals surface area contributed by atoms with Gasteiger partial charge in [-0.05, 0) is 18.4 Å². The fraction of sp³-hybridized carbons (Fsp3) is 0.467. The van der Waals surface area contributed by atoms with E-state index in [1.165, 1.54) is 11.3 Å². The molecular formula is C15H18N6. The highest BCUT2D eigenvalue weighted by atomic mass is 15.3. The van der Waals surface area contributed by atoms with Crippen molar-refractivity contribution in [3.05, 3.63) is 34.3 Å². The van der Waals surface area contributed by atoms with Gasteiger partial charge in [0.2, 0.25) is 0 Å². The summed E-state index contributed by atoms with van der Waals surface area (Å²) >= 11 is 0. The SMILES string of the molecule is CCc1nnc(N2CCc3[nH]ncc3C2)c(C#N)c1CC. The summed E-state index contributed by atoms with van der Waals surface area (Å²) in [6.45, 7) is 5.66. The third kappa shape index (κ3) is 2.25. The van der Waals surface area contributed by atoms with E-state index >= 15 is 0 Å². The number of aryl methyl sites for hydroxylation is 1. The lowest BCUT2D eigenvalue weighted by molar-refractivity contribution is 0.696. The van der Waals surface area contributed by atoms with Crippen LogP contribution in [0, 0.1) is 11.3 Å². The van der Waals surface area contributed by atoms with Crippen LogP contribution in [-0.2, 0) is 25.8 Å². The number of nitriles is 1. The van der Waals surface area contributed by atoms with Gasteiger partial charge in [-0.3, -0.25) is 5.10 Å². The van der Waals surface area contributed by atoms with Crippen molar-refractivity contribution < 1.29 is 0 Å². The topological polar surface area (TPSA) is 81.5 Å². The van der Waals surface area contributed by atoms with E-state index in [4.69, 9.17) is 0 Å². The minimum Gasteiger partial charge on any atom is -0.349 e. The van der Waals surface area contributed by atoms with Crippen LogP contribution in [0.4, 0.5) is 5.82 Å². The Kier molecular flexibility index (Phi) is 3.57. The zero-order valence-corrected chi connectivity index (χ0v) is 12.3. The van der Waals surface area contributed by atoms with Crippen LogP contribution in [0.25, 0.3) is 0 Å². The van der Waals surface area contributed by atoms with Crippen LogP contribution in [0.3, 0.4) is 0 Å². The maximum atomic E-state index is 9.57. The first kappa shape index (κ1) is 13.6. The molecule has 0 fully saturated rings. The molecule has 1 aliphatic rings. The minimum absolute atomic E-state index is 0.677. The maximum absolute atomic E-state index is 9.57. The Balaban J connectivity index is 2.02. The largest absolute Gasteiger partial charge is 0.349 e. The lowest BCUT2D eigenvalue weighted by Crippen LogP contribution is -2.32. The van der Waals surface area contributed by atoms with Gasteiger partial charge in [0, 0.05) is 30.8 Å². The fourth-order valence-corrected chi connectivity index (χ4v) is 2.90. The van der Waals surface area contributed by atoms with E-state index in [1.54, 1.807) is 0 Å². The van der Waals surface area contributed by atoms with Crippen LogP contribution in [0.2, 0.25) is 0 Å². The average molecular weight is 282 g/mol. The molecule has 0 atom stereocenters. The number of aromatic nitrogens is 4. The normalized spacial score (nSPS) is 13.9. The van der Waals surface area contributed by atoms with Gasteiger partial charge in [0.1, 0.15) is 11.6 Å². The molecule has 0 aromatic carbocycles. The monoisotopic (exact) mass is 282 g/mol. The average Bonchev–Trinajstić information content (AvgIpc) is 3.00. The highest BCUT2D eigenvalue weighted by molar-refractivity contribution is 5.59. The summed E-state index contributed by atoms with van der Waals surface area (Å²) in [5.74, 6) is 0.707. The molecule has 0 spiro atoms. The van der Waals surface area contributed by atoms with Gasteiger partial charge in [-0.25, -0.2) is 0 Å². The van der Waals surface area contributed by atoms with Gasteiger partial charge in [-0.1, -0.05) is 13.8 Å². The molecule has 3 heterocycles. The second-order valence-electron chi connectivity index (χ2n) is 5.19. The summed E-state index contributed by atoms with van der Waals surface area (Å²) in [6, 6.07) is 2.34. The molecule has 6 heteroatoms. The zero-order valence-electron chi connectivity index (χ0n) is 12.3. The minimum atomic E-state index is 0.677. The van der Waals surface area contributed by atoms with E-state index in [2.05, 4.69) is 38.3 Å². The lowest BCUT2D eigenvalue weighted by Gasteiger charge is -2.28. The molecular weight excluding hydrogens is 264 g/mol. The number of rotatable bonds is 3. The third-order valence-corrected chi connectivity index (χ3v) is 4.04. The summed E-state index contributed by atoms with van der Waals surface area (Å²) in [7, 11) is 0. The summed E-state index contributed by atoms with van der Waals surface area (Å²) < 4.78 is 0. The summed E-state index contributed by atoms with van der Waals surface area (Å²) in [5.41, 5.74) is 4.99. The van der Waals surface area contributed by atoms with E-state index in [9.17, 15) is 5.26 Å². The predicted molar refractivity (Wildman–Crippen MR) is 78.8 cm³/mol. The van der Waals surface area contributed by atoms with Crippen LogP contribution < -0.4 is 4.90 Å². The Morgan fingerprint density at radius 3 is 2.90 bits per heavy atom. The molecule has 0 amide bonds. The van der Waals surface area contributed by atoms with E-state index in [0.29, 0.717) is 11.4 Å². The van der Waals surface area contributed by atoms with Gasteiger partial charge in [0.15, 0.2) is 5.82 Å². The standard InChI is InChI=1S/C15H18N6/c1-3-11-12(7-16)15(20-19-13(11)4-2)21-6-5-14-10(9-21)8-17-18-14/h8H,3-6,9H2,1-2H3,(H,17,18). The van der Waals surface area contributed by atoms with E-state index in [1.807, 2.05) is 13.1 Å². The van der Waals surface area contributed by atoms with Crippen LogP contribution in [-0.4, -0.2) is 26.9 Å². The van der Waals surface area contributed by atoms with E-state index in [-0.39, 0.29) is 0 Å². The van der Waals surface area contributed by atoms with Crippen molar-refractivity contribution in [2.75, 3.05) is 11.4 Å². The van der Waals surface area contributed by atoms with Gasteiger partial charge in [0.05, 0.1) is 11.9 Å². The molecule has 1 N–H and O–H groups in total. The van der Waals surface area contributed by atoms with E-state index < -0.39 is 0 Å². The lowest BCUT2D eigenvalue weighted by atomic mass is 10.0. The molecule has 3 rings (SSSR count). The second kappa shape index (κ2) is 5.52. The van der Waals surface area contributed by atoms with Crippen LogP contribution in [0.1, 0.15) is 41.9 Å². The fourth-order valence-electron chi connectivity index (χ4n) is 2.90. The molecule has 0 saturated heterocycles. The Morgan fingerprint density at radius 2 is 2.19 bits per heavy atom. The highest BCUT2D eigenvalue weighted by Gasteiger charge is 2.24. The molecule has 1 aliphatic heterocycles. The number of fused-ring (bicyclic) bond motifs is 1. The summed E-state index contributed by atoms with van der Waals surface area (Å²) in [4.78, 5) is 2.13. The molecule has 21 heavy (non-hydrogen) atoms. The Bertz CT molecular complexity index is 697. The van der Waals surface area contributed by atoms with Gasteiger partial charge in [0.25, 0.3) is 0 Å². The molecule has 0 saturated carbocycles. The van der Waals surface area contributed by atoms with Crippen molar-refractivity contribution in [3.63, 3.8) is 0 Å². The first-order valence-electron chi connectivity index (χ1n) is 7.33. The molecule has 108 valence electrons. The van der Waals surface area contributed by atoms with Crippen molar-refractivity contribution in [1.82, 2.24) is 20.4 Å².